The van der Waals surface area contributed by atoms with Gasteiger partial charge < -0.3 is 4.74 Å². The molecule has 1 aromatic rings. The van der Waals surface area contributed by atoms with Crippen LogP contribution in [0.15, 0.2) is 30.3 Å². The molecule has 0 aliphatic carbocycles. The normalized spacial score (nSPS) is 25.4. The molecule has 6 heteroatoms. The fourth-order valence-corrected chi connectivity index (χ4v) is 2.85. The fraction of sp³-hybridized carbons (Fsp3) is 0.538. The highest BCUT2D eigenvalue weighted by Crippen LogP contribution is 2.27. The number of rotatable bonds is 4. The summed E-state index contributed by atoms with van der Waals surface area (Å²) in [7, 11) is -1.16. The maximum Gasteiger partial charge on any atom is 0.208 e. The van der Waals surface area contributed by atoms with Crippen LogP contribution in [0.5, 0.6) is 0 Å². The molecular weight excluding hydrogens is 264 g/mol. The summed E-state index contributed by atoms with van der Waals surface area (Å²) < 4.78 is 30.7. The molecule has 1 aliphatic rings. The monoisotopic (exact) mass is 284 g/mol. The Labute approximate surface area is 114 Å². The van der Waals surface area contributed by atoms with Crippen molar-refractivity contribution in [2.45, 2.75) is 12.1 Å². The van der Waals surface area contributed by atoms with Crippen LogP contribution in [-0.2, 0) is 14.8 Å². The van der Waals surface area contributed by atoms with Crippen molar-refractivity contribution in [1.29, 1.82) is 0 Å². The summed E-state index contributed by atoms with van der Waals surface area (Å²) in [5.41, 5.74) is 1.14. The zero-order chi connectivity index (χ0) is 13.9. The van der Waals surface area contributed by atoms with Crippen molar-refractivity contribution in [2.75, 3.05) is 33.0 Å². The second-order valence-electron chi connectivity index (χ2n) is 4.87. The number of ether oxygens (including phenoxy) is 1. The van der Waals surface area contributed by atoms with E-state index in [0.29, 0.717) is 13.2 Å². The first kappa shape index (κ1) is 14.5. The van der Waals surface area contributed by atoms with Gasteiger partial charge in [-0.15, -0.1) is 0 Å². The van der Waals surface area contributed by atoms with Gasteiger partial charge in [0, 0.05) is 13.1 Å². The second kappa shape index (κ2) is 6.00. The smallest absolute Gasteiger partial charge is 0.208 e. The highest BCUT2D eigenvalue weighted by Gasteiger charge is 2.31. The quantitative estimate of drug-likeness (QED) is 0.880. The highest BCUT2D eigenvalue weighted by atomic mass is 32.2. The van der Waals surface area contributed by atoms with Crippen LogP contribution in [0.1, 0.15) is 11.6 Å². The Bertz CT molecular complexity index is 504. The summed E-state index contributed by atoms with van der Waals surface area (Å²) in [6, 6.07) is 10.1. The third-order valence-corrected chi connectivity index (χ3v) is 3.98. The van der Waals surface area contributed by atoms with Gasteiger partial charge in [-0.05, 0) is 12.6 Å². The molecule has 0 spiro atoms. The summed E-state index contributed by atoms with van der Waals surface area (Å²) in [6.07, 6.45) is 0.993. The van der Waals surface area contributed by atoms with E-state index in [1.165, 1.54) is 0 Å². The van der Waals surface area contributed by atoms with Crippen LogP contribution < -0.4 is 4.72 Å². The van der Waals surface area contributed by atoms with E-state index in [2.05, 4.69) is 9.62 Å². The number of hydrogen-bond donors (Lipinski definition) is 1. The number of morpholine rings is 1. The zero-order valence-corrected chi connectivity index (χ0v) is 12.1. The molecule has 0 saturated carbocycles. The third-order valence-electron chi connectivity index (χ3n) is 3.29. The van der Waals surface area contributed by atoms with Gasteiger partial charge >= 0.3 is 0 Å². The van der Waals surface area contributed by atoms with Crippen molar-refractivity contribution in [3.63, 3.8) is 0 Å². The van der Waals surface area contributed by atoms with Crippen LogP contribution in [0.25, 0.3) is 0 Å². The molecule has 1 saturated heterocycles. The van der Waals surface area contributed by atoms with E-state index >= 15 is 0 Å². The molecule has 1 aliphatic heterocycles. The number of nitrogens with one attached hydrogen (secondary N) is 1. The van der Waals surface area contributed by atoms with E-state index in [-0.39, 0.29) is 12.1 Å². The molecule has 0 aromatic heterocycles. The van der Waals surface area contributed by atoms with Crippen molar-refractivity contribution < 1.29 is 13.2 Å². The minimum absolute atomic E-state index is 0.0733. The molecule has 1 fully saturated rings. The zero-order valence-electron chi connectivity index (χ0n) is 11.2. The van der Waals surface area contributed by atoms with Gasteiger partial charge in [-0.25, -0.2) is 13.1 Å². The molecule has 0 radical (unpaired) electrons. The predicted octanol–water partition coefficient (Wildman–Crippen LogP) is 0.608. The summed E-state index contributed by atoms with van der Waals surface area (Å²) in [4.78, 5) is 2.20. The Morgan fingerprint density at radius 3 is 2.68 bits per heavy atom. The van der Waals surface area contributed by atoms with E-state index in [1.807, 2.05) is 37.4 Å². The Balaban J connectivity index is 2.15. The Morgan fingerprint density at radius 1 is 1.37 bits per heavy atom. The maximum atomic E-state index is 11.2. The Morgan fingerprint density at radius 2 is 2.05 bits per heavy atom. The SMILES string of the molecule is CN1CCO[C@@H](CNS(C)(=O)=O)[C@@H]1c1ccccc1. The molecule has 5 nitrogen and oxygen atoms in total. The molecule has 0 bridgehead atoms. The molecule has 19 heavy (non-hydrogen) atoms. The minimum atomic E-state index is -3.20. The van der Waals surface area contributed by atoms with Gasteiger partial charge in [-0.1, -0.05) is 30.3 Å². The third kappa shape index (κ3) is 4.01. The number of likely N-dealkylation sites (N-methyl/N-ethyl adjacent to an activating group) is 1. The van der Waals surface area contributed by atoms with Crippen molar-refractivity contribution >= 4 is 10.0 Å². The van der Waals surface area contributed by atoms with Crippen LogP contribution in [0.4, 0.5) is 0 Å². The molecule has 0 amide bonds. The van der Waals surface area contributed by atoms with E-state index in [0.717, 1.165) is 18.4 Å². The summed E-state index contributed by atoms with van der Waals surface area (Å²) in [5, 5.41) is 0. The first-order chi connectivity index (χ1) is 8.97. The molecule has 1 N–H and O–H groups in total. The van der Waals surface area contributed by atoms with Gasteiger partial charge in [0.25, 0.3) is 0 Å². The average Bonchev–Trinajstić information content (AvgIpc) is 2.36. The van der Waals surface area contributed by atoms with Crippen molar-refractivity contribution in [1.82, 2.24) is 9.62 Å². The molecule has 1 aromatic carbocycles. The van der Waals surface area contributed by atoms with Gasteiger partial charge in [-0.3, -0.25) is 4.90 Å². The highest BCUT2D eigenvalue weighted by molar-refractivity contribution is 7.88. The van der Waals surface area contributed by atoms with Crippen LogP contribution in [0.2, 0.25) is 0 Å². The fourth-order valence-electron chi connectivity index (χ4n) is 2.39. The summed E-state index contributed by atoms with van der Waals surface area (Å²) in [5.74, 6) is 0. The largest absolute Gasteiger partial charge is 0.374 e. The van der Waals surface area contributed by atoms with Gasteiger partial charge in [0.15, 0.2) is 0 Å². The van der Waals surface area contributed by atoms with Crippen LogP contribution in [-0.4, -0.2) is 52.4 Å². The molecule has 2 rings (SSSR count). The van der Waals surface area contributed by atoms with E-state index in [4.69, 9.17) is 4.74 Å². The van der Waals surface area contributed by atoms with Gasteiger partial charge in [0.1, 0.15) is 0 Å². The standard InChI is InChI=1S/C13H20N2O3S/c1-15-8-9-18-12(10-14-19(2,16)17)13(15)11-6-4-3-5-7-11/h3-7,12-14H,8-10H2,1-2H3/t12-,13-/m0/s1. The number of benzene rings is 1. The summed E-state index contributed by atoms with van der Waals surface area (Å²) in [6.45, 7) is 1.76. The first-order valence-electron chi connectivity index (χ1n) is 6.29. The van der Waals surface area contributed by atoms with Crippen molar-refractivity contribution in [3.05, 3.63) is 35.9 Å². The topological polar surface area (TPSA) is 58.6 Å². The molecule has 1 heterocycles. The van der Waals surface area contributed by atoms with Crippen molar-refractivity contribution in [2.24, 2.45) is 0 Å². The van der Waals surface area contributed by atoms with Gasteiger partial charge in [0.05, 0.1) is 25.0 Å². The maximum absolute atomic E-state index is 11.2. The lowest BCUT2D eigenvalue weighted by molar-refractivity contribution is -0.0592. The lowest BCUT2D eigenvalue weighted by atomic mass is 9.99. The van der Waals surface area contributed by atoms with Gasteiger partial charge in [-0.2, -0.15) is 0 Å². The number of hydrogen-bond acceptors (Lipinski definition) is 4. The molecule has 2 atom stereocenters. The minimum Gasteiger partial charge on any atom is -0.374 e. The van der Waals surface area contributed by atoms with E-state index in [9.17, 15) is 8.42 Å². The predicted molar refractivity (Wildman–Crippen MR) is 74.4 cm³/mol. The van der Waals surface area contributed by atoms with Crippen LogP contribution in [0.3, 0.4) is 0 Å². The Hall–Kier alpha value is -0.950. The Kier molecular flexibility index (Phi) is 4.57. The summed E-state index contributed by atoms with van der Waals surface area (Å²) >= 11 is 0. The lowest BCUT2D eigenvalue weighted by Crippen LogP contribution is -2.48. The van der Waals surface area contributed by atoms with Crippen molar-refractivity contribution in [3.8, 4) is 0 Å². The number of sulfonamides is 1. The first-order valence-corrected chi connectivity index (χ1v) is 8.18. The van der Waals surface area contributed by atoms with E-state index in [1.54, 1.807) is 0 Å². The van der Waals surface area contributed by atoms with E-state index < -0.39 is 10.0 Å². The molecule has 0 unspecified atom stereocenters. The lowest BCUT2D eigenvalue weighted by Gasteiger charge is -2.39. The van der Waals surface area contributed by atoms with Crippen LogP contribution in [0, 0.1) is 0 Å². The van der Waals surface area contributed by atoms with Crippen LogP contribution >= 0.6 is 0 Å². The van der Waals surface area contributed by atoms with Gasteiger partial charge in [0.2, 0.25) is 10.0 Å². The molecule has 106 valence electrons. The average molecular weight is 284 g/mol. The molecular formula is C13H20N2O3S. The number of nitrogens with zero attached hydrogens (tertiary/aromatic N) is 1. The second-order valence-corrected chi connectivity index (χ2v) is 6.70.